The standard InChI is InChI=1S/C9H10O5S.C8H10O4S/c1-13-9(10)7-3-5-8(6-4-7)14-15(2,11)12;1-13(10,11)12-8-4-2-7(6-9)3-5-8/h3-6H,1-2H3;2-5,9H,6H2,1H3. The van der Waals surface area contributed by atoms with Crippen LogP contribution in [0.4, 0.5) is 0 Å². The molecule has 2 aromatic carbocycles. The van der Waals surface area contributed by atoms with E-state index >= 15 is 0 Å². The molecule has 0 spiro atoms. The third kappa shape index (κ3) is 9.35. The molecule has 0 aliphatic heterocycles. The highest BCUT2D eigenvalue weighted by Gasteiger charge is 2.07. The van der Waals surface area contributed by atoms with Gasteiger partial charge in [-0.1, -0.05) is 12.1 Å². The van der Waals surface area contributed by atoms with Crippen molar-refractivity contribution in [2.24, 2.45) is 0 Å². The van der Waals surface area contributed by atoms with Crippen LogP contribution in [0.5, 0.6) is 11.5 Å². The number of carbonyl (C=O) groups excluding carboxylic acids is 1. The Morgan fingerprint density at radius 3 is 1.54 bits per heavy atom. The third-order valence-corrected chi connectivity index (χ3v) is 3.87. The summed E-state index contributed by atoms with van der Waals surface area (Å²) in [6.07, 6.45) is 1.92. The zero-order valence-corrected chi connectivity index (χ0v) is 17.0. The van der Waals surface area contributed by atoms with Crippen molar-refractivity contribution < 1.29 is 39.8 Å². The number of esters is 1. The topological polar surface area (TPSA) is 133 Å². The van der Waals surface area contributed by atoms with E-state index in [1.807, 2.05) is 0 Å². The molecule has 9 nitrogen and oxygen atoms in total. The molecule has 0 fully saturated rings. The number of ether oxygens (including phenoxy) is 1. The van der Waals surface area contributed by atoms with E-state index in [-0.39, 0.29) is 18.1 Å². The van der Waals surface area contributed by atoms with Crippen LogP contribution >= 0.6 is 0 Å². The molecule has 0 aromatic heterocycles. The quantitative estimate of drug-likeness (QED) is 0.530. The number of carbonyl (C=O) groups is 1. The van der Waals surface area contributed by atoms with Crippen LogP contribution in [0.3, 0.4) is 0 Å². The van der Waals surface area contributed by atoms with Crippen LogP contribution in [0.1, 0.15) is 15.9 Å². The summed E-state index contributed by atoms with van der Waals surface area (Å²) in [5.74, 6) is -0.0780. The van der Waals surface area contributed by atoms with E-state index in [0.29, 0.717) is 11.1 Å². The molecule has 28 heavy (non-hydrogen) atoms. The van der Waals surface area contributed by atoms with E-state index in [2.05, 4.69) is 13.1 Å². The van der Waals surface area contributed by atoms with Gasteiger partial charge in [0.25, 0.3) is 0 Å². The Morgan fingerprint density at radius 2 is 1.21 bits per heavy atom. The van der Waals surface area contributed by atoms with Crippen molar-refractivity contribution in [3.05, 3.63) is 59.7 Å². The van der Waals surface area contributed by atoms with Crippen molar-refractivity contribution in [1.29, 1.82) is 0 Å². The molecule has 0 amide bonds. The lowest BCUT2D eigenvalue weighted by Gasteiger charge is -2.03. The predicted octanol–water partition coefficient (Wildman–Crippen LogP) is 1.33. The number of hydrogen-bond donors (Lipinski definition) is 1. The van der Waals surface area contributed by atoms with Gasteiger partial charge in [-0.3, -0.25) is 0 Å². The predicted molar refractivity (Wildman–Crippen MR) is 101 cm³/mol. The van der Waals surface area contributed by atoms with E-state index in [0.717, 1.165) is 12.5 Å². The molecule has 0 heterocycles. The van der Waals surface area contributed by atoms with Crippen molar-refractivity contribution >= 4 is 26.2 Å². The van der Waals surface area contributed by atoms with Crippen LogP contribution < -0.4 is 8.37 Å². The first kappa shape index (κ1) is 23.4. The Bertz CT molecular complexity index is 978. The highest BCUT2D eigenvalue weighted by molar-refractivity contribution is 7.86. The fourth-order valence-electron chi connectivity index (χ4n) is 1.76. The van der Waals surface area contributed by atoms with Crippen LogP contribution in [0, 0.1) is 0 Å². The maximum absolute atomic E-state index is 11.0. The van der Waals surface area contributed by atoms with Crippen LogP contribution in [0.2, 0.25) is 0 Å². The minimum atomic E-state index is -3.53. The minimum Gasteiger partial charge on any atom is -0.465 e. The van der Waals surface area contributed by atoms with Gasteiger partial charge < -0.3 is 18.2 Å². The average molecular weight is 432 g/mol. The lowest BCUT2D eigenvalue weighted by molar-refractivity contribution is 0.0600. The van der Waals surface area contributed by atoms with Gasteiger partial charge in [-0.2, -0.15) is 16.8 Å². The number of aliphatic hydroxyl groups is 1. The number of hydrogen-bond acceptors (Lipinski definition) is 9. The van der Waals surface area contributed by atoms with E-state index in [1.54, 1.807) is 12.1 Å². The second-order valence-corrected chi connectivity index (χ2v) is 8.54. The first-order chi connectivity index (χ1) is 12.9. The van der Waals surface area contributed by atoms with Gasteiger partial charge in [0.15, 0.2) is 0 Å². The smallest absolute Gasteiger partial charge is 0.337 e. The lowest BCUT2D eigenvalue weighted by Crippen LogP contribution is -2.06. The molecule has 1 N–H and O–H groups in total. The van der Waals surface area contributed by atoms with Crippen LogP contribution in [0.25, 0.3) is 0 Å². The van der Waals surface area contributed by atoms with Crippen molar-refractivity contribution in [2.45, 2.75) is 6.61 Å². The molecule has 0 unspecified atom stereocenters. The fourth-order valence-corrected chi connectivity index (χ4v) is 2.69. The van der Waals surface area contributed by atoms with Gasteiger partial charge in [0.2, 0.25) is 0 Å². The van der Waals surface area contributed by atoms with E-state index < -0.39 is 26.2 Å². The van der Waals surface area contributed by atoms with Crippen molar-refractivity contribution in [2.75, 3.05) is 19.6 Å². The summed E-state index contributed by atoms with van der Waals surface area (Å²) in [4.78, 5) is 11.0. The molecule has 0 saturated carbocycles. The summed E-state index contributed by atoms with van der Waals surface area (Å²) in [6, 6.07) is 11.8. The molecule has 11 heteroatoms. The van der Waals surface area contributed by atoms with Gasteiger partial charge in [0, 0.05) is 0 Å². The molecule has 0 aliphatic rings. The first-order valence-electron chi connectivity index (χ1n) is 7.60. The van der Waals surface area contributed by atoms with E-state index in [1.165, 1.54) is 43.5 Å². The fraction of sp³-hybridized carbons (Fsp3) is 0.235. The Balaban J connectivity index is 0.000000283. The molecule has 0 bridgehead atoms. The molecule has 2 rings (SSSR count). The number of methoxy groups -OCH3 is 1. The second-order valence-electron chi connectivity index (χ2n) is 5.39. The molecule has 0 saturated heterocycles. The minimum absolute atomic E-state index is 0.0703. The van der Waals surface area contributed by atoms with Gasteiger partial charge >= 0.3 is 26.2 Å². The summed E-state index contributed by atoms with van der Waals surface area (Å²) in [7, 11) is -5.72. The summed E-state index contributed by atoms with van der Waals surface area (Å²) >= 11 is 0. The summed E-state index contributed by atoms with van der Waals surface area (Å²) in [6.45, 7) is -0.0703. The van der Waals surface area contributed by atoms with Gasteiger partial charge in [0.1, 0.15) is 11.5 Å². The SMILES string of the molecule is COC(=O)c1ccc(OS(C)(=O)=O)cc1.CS(=O)(=O)Oc1ccc(CO)cc1. The van der Waals surface area contributed by atoms with Gasteiger partial charge in [-0.25, -0.2) is 4.79 Å². The van der Waals surface area contributed by atoms with Crippen LogP contribution in [-0.2, 0) is 31.6 Å². The Hall–Kier alpha value is -2.63. The molecule has 154 valence electrons. The Kier molecular flexibility index (Phi) is 8.41. The van der Waals surface area contributed by atoms with Crippen molar-refractivity contribution in [1.82, 2.24) is 0 Å². The molecular formula is C17H20O9S2. The zero-order chi connectivity index (χ0) is 21.4. The first-order valence-corrected chi connectivity index (χ1v) is 11.2. The molecule has 0 atom stereocenters. The number of rotatable bonds is 6. The molecule has 0 aliphatic carbocycles. The third-order valence-electron chi connectivity index (χ3n) is 2.88. The lowest BCUT2D eigenvalue weighted by atomic mass is 10.2. The van der Waals surface area contributed by atoms with Crippen LogP contribution in [-0.4, -0.2) is 47.5 Å². The van der Waals surface area contributed by atoms with Crippen molar-refractivity contribution in [3.63, 3.8) is 0 Å². The van der Waals surface area contributed by atoms with E-state index in [4.69, 9.17) is 5.11 Å². The molecule has 2 aromatic rings. The molecule has 0 radical (unpaired) electrons. The van der Waals surface area contributed by atoms with Crippen molar-refractivity contribution in [3.8, 4) is 11.5 Å². The number of benzene rings is 2. The zero-order valence-electron chi connectivity index (χ0n) is 15.4. The van der Waals surface area contributed by atoms with Gasteiger partial charge in [-0.15, -0.1) is 0 Å². The summed E-state index contributed by atoms with van der Waals surface area (Å²) in [5, 5.41) is 8.70. The second kappa shape index (κ2) is 10.1. The summed E-state index contributed by atoms with van der Waals surface area (Å²) < 4.78 is 56.6. The highest BCUT2D eigenvalue weighted by Crippen LogP contribution is 2.14. The highest BCUT2D eigenvalue weighted by atomic mass is 32.2. The maximum Gasteiger partial charge on any atom is 0.337 e. The largest absolute Gasteiger partial charge is 0.465 e. The normalized spacial score (nSPS) is 11.0. The van der Waals surface area contributed by atoms with Crippen LogP contribution in [0.15, 0.2) is 48.5 Å². The average Bonchev–Trinajstić information content (AvgIpc) is 2.60. The number of aliphatic hydroxyl groups excluding tert-OH is 1. The Morgan fingerprint density at radius 1 is 0.821 bits per heavy atom. The maximum atomic E-state index is 11.0. The monoisotopic (exact) mass is 432 g/mol. The van der Waals surface area contributed by atoms with Gasteiger partial charge in [-0.05, 0) is 42.0 Å². The van der Waals surface area contributed by atoms with E-state index in [9.17, 15) is 21.6 Å². The molecular weight excluding hydrogens is 412 g/mol. The summed E-state index contributed by atoms with van der Waals surface area (Å²) in [5.41, 5.74) is 1.04. The van der Waals surface area contributed by atoms with Gasteiger partial charge in [0.05, 0.1) is 31.8 Å². The Labute approximate surface area is 163 Å².